The lowest BCUT2D eigenvalue weighted by molar-refractivity contribution is 0.585. The van der Waals surface area contributed by atoms with Crippen molar-refractivity contribution in [2.45, 2.75) is 33.1 Å². The monoisotopic (exact) mass is 572 g/mol. The van der Waals surface area contributed by atoms with Crippen LogP contribution in [0.4, 0.5) is 34.1 Å². The molecule has 2 aromatic heterocycles. The molecule has 0 N–H and O–H groups in total. The number of fused-ring (bicyclic) bond motifs is 6. The number of benzene rings is 4. The quantitative estimate of drug-likeness (QED) is 0.197. The number of rotatable bonds is 4. The average Bonchev–Trinajstić information content (AvgIpc) is 3.60. The zero-order valence-electron chi connectivity index (χ0n) is 25.5. The molecule has 4 aromatic carbocycles. The maximum absolute atomic E-state index is 6.87. The van der Waals surface area contributed by atoms with Gasteiger partial charge < -0.3 is 18.6 Å². The van der Waals surface area contributed by atoms with Gasteiger partial charge in [-0.3, -0.25) is 0 Å². The first kappa shape index (κ1) is 26.5. The standard InChI is InChI=1S/C39H33BN2O2/c1-6-16-28-32(7-2)43-37-35(28)41(26-17-10-8-11-18-26)30-23-25(39(3,4)5)24-31-34(30)40(37)38-36(29-21-14-15-22-33(29)44-38)42(31)27-19-12-9-13-20-27/h6-24H,2H2,1,3-5H3/b16-6-. The van der Waals surface area contributed by atoms with E-state index >= 15 is 0 Å². The Morgan fingerprint density at radius 1 is 0.727 bits per heavy atom. The molecular formula is C39H33BN2O2. The Labute approximate surface area is 258 Å². The Morgan fingerprint density at radius 2 is 1.30 bits per heavy atom. The highest BCUT2D eigenvalue weighted by Gasteiger charge is 2.50. The van der Waals surface area contributed by atoms with Crippen LogP contribution >= 0.6 is 0 Å². The van der Waals surface area contributed by atoms with Gasteiger partial charge in [-0.15, -0.1) is 0 Å². The van der Waals surface area contributed by atoms with E-state index in [4.69, 9.17) is 8.83 Å². The Bertz CT molecular complexity index is 2100. The molecule has 0 spiro atoms. The smallest absolute Gasteiger partial charge is 0.342 e. The normalized spacial score (nSPS) is 13.8. The summed E-state index contributed by atoms with van der Waals surface area (Å²) < 4.78 is 13.7. The number of allylic oxidation sites excluding steroid dienone is 1. The molecule has 5 heteroatoms. The van der Waals surface area contributed by atoms with Crippen molar-refractivity contribution in [3.05, 3.63) is 127 Å². The molecule has 0 amide bonds. The van der Waals surface area contributed by atoms with Crippen LogP contribution in [-0.2, 0) is 5.41 Å². The molecule has 2 aliphatic heterocycles. The summed E-state index contributed by atoms with van der Waals surface area (Å²) in [6, 6.07) is 34.3. The molecular weight excluding hydrogens is 539 g/mol. The fraction of sp³-hybridized carbons (Fsp3) is 0.128. The summed E-state index contributed by atoms with van der Waals surface area (Å²) in [6.07, 6.45) is 6.02. The van der Waals surface area contributed by atoms with Gasteiger partial charge in [0.2, 0.25) is 0 Å². The van der Waals surface area contributed by atoms with E-state index in [9.17, 15) is 0 Å². The number of anilines is 6. The molecule has 0 saturated heterocycles. The lowest BCUT2D eigenvalue weighted by atomic mass is 9.37. The van der Waals surface area contributed by atoms with Gasteiger partial charge in [-0.1, -0.05) is 88.0 Å². The van der Waals surface area contributed by atoms with Crippen LogP contribution in [0.2, 0.25) is 0 Å². The number of para-hydroxylation sites is 3. The molecule has 4 nitrogen and oxygen atoms in total. The van der Waals surface area contributed by atoms with Crippen molar-refractivity contribution in [3.8, 4) is 0 Å². The van der Waals surface area contributed by atoms with Crippen LogP contribution < -0.4 is 26.6 Å². The van der Waals surface area contributed by atoms with Crippen molar-refractivity contribution in [2.24, 2.45) is 0 Å². The number of hydrogen-bond donors (Lipinski definition) is 0. The van der Waals surface area contributed by atoms with Crippen molar-refractivity contribution in [1.82, 2.24) is 0 Å². The van der Waals surface area contributed by atoms with E-state index in [0.717, 1.165) is 67.7 Å². The van der Waals surface area contributed by atoms with Crippen LogP contribution in [0, 0.1) is 0 Å². The first-order valence-corrected chi connectivity index (χ1v) is 15.2. The summed E-state index contributed by atoms with van der Waals surface area (Å²) in [5.41, 5.74) is 12.5. The minimum atomic E-state index is -0.246. The molecule has 0 unspecified atom stereocenters. The first-order chi connectivity index (χ1) is 21.4. The van der Waals surface area contributed by atoms with Crippen molar-refractivity contribution < 1.29 is 8.83 Å². The van der Waals surface area contributed by atoms with E-state index in [1.807, 2.05) is 19.1 Å². The molecule has 4 heterocycles. The van der Waals surface area contributed by atoms with E-state index < -0.39 is 0 Å². The van der Waals surface area contributed by atoms with Crippen molar-refractivity contribution >= 4 is 80.7 Å². The minimum Gasteiger partial charge on any atom is -0.468 e. The van der Waals surface area contributed by atoms with Crippen molar-refractivity contribution in [2.75, 3.05) is 9.80 Å². The van der Waals surface area contributed by atoms with Crippen LogP contribution in [-0.4, -0.2) is 6.71 Å². The SMILES string of the molecule is C=Cc1oc2c(c1/C=C\C)N(c1ccccc1)c1cc(C(C)(C)C)cc3c1B2c1oc2ccccc2c1N3c1ccccc1. The third kappa shape index (κ3) is 3.72. The van der Waals surface area contributed by atoms with Gasteiger partial charge in [0.15, 0.2) is 0 Å². The number of nitrogens with zero attached hydrogens (tertiary/aromatic N) is 2. The predicted octanol–water partition coefficient (Wildman–Crippen LogP) is 9.08. The highest BCUT2D eigenvalue weighted by molar-refractivity contribution is 6.99. The third-order valence-electron chi connectivity index (χ3n) is 8.86. The molecule has 0 fully saturated rings. The molecule has 8 rings (SSSR count). The fourth-order valence-corrected chi connectivity index (χ4v) is 6.89. The molecule has 2 aliphatic rings. The van der Waals surface area contributed by atoms with Gasteiger partial charge in [-0.25, -0.2) is 0 Å². The molecule has 0 bridgehead atoms. The molecule has 6 aromatic rings. The van der Waals surface area contributed by atoms with Gasteiger partial charge in [-0.2, -0.15) is 0 Å². The maximum atomic E-state index is 6.87. The van der Waals surface area contributed by atoms with E-state index in [1.54, 1.807) is 0 Å². The van der Waals surface area contributed by atoms with Gasteiger partial charge in [-0.05, 0) is 78.0 Å². The summed E-state index contributed by atoms with van der Waals surface area (Å²) >= 11 is 0. The lowest BCUT2D eigenvalue weighted by Gasteiger charge is -2.42. The third-order valence-corrected chi connectivity index (χ3v) is 8.86. The number of furan rings is 2. The van der Waals surface area contributed by atoms with Crippen LogP contribution in [0.15, 0.2) is 119 Å². The molecule has 0 radical (unpaired) electrons. The highest BCUT2D eigenvalue weighted by Crippen LogP contribution is 2.49. The van der Waals surface area contributed by atoms with E-state index in [2.05, 4.69) is 140 Å². The molecule has 44 heavy (non-hydrogen) atoms. The second-order valence-corrected chi connectivity index (χ2v) is 12.6. The van der Waals surface area contributed by atoms with Crippen LogP contribution in [0.3, 0.4) is 0 Å². The van der Waals surface area contributed by atoms with Gasteiger partial charge in [0.05, 0.1) is 11.4 Å². The zero-order valence-corrected chi connectivity index (χ0v) is 25.5. The lowest BCUT2D eigenvalue weighted by Crippen LogP contribution is -2.60. The second kappa shape index (κ2) is 9.68. The second-order valence-electron chi connectivity index (χ2n) is 12.6. The van der Waals surface area contributed by atoms with E-state index in [1.165, 1.54) is 11.0 Å². The zero-order chi connectivity index (χ0) is 30.2. The van der Waals surface area contributed by atoms with Gasteiger partial charge in [0, 0.05) is 33.7 Å². The maximum Gasteiger partial charge on any atom is 0.342 e. The van der Waals surface area contributed by atoms with E-state index in [-0.39, 0.29) is 12.1 Å². The fourth-order valence-electron chi connectivity index (χ4n) is 6.89. The Morgan fingerprint density at radius 3 is 1.89 bits per heavy atom. The molecule has 0 atom stereocenters. The molecule has 0 saturated carbocycles. The summed E-state index contributed by atoms with van der Waals surface area (Å²) in [4.78, 5) is 4.77. The Hall–Kier alpha value is -5.16. The van der Waals surface area contributed by atoms with E-state index in [0.29, 0.717) is 0 Å². The predicted molar refractivity (Wildman–Crippen MR) is 186 cm³/mol. The first-order valence-electron chi connectivity index (χ1n) is 15.2. The van der Waals surface area contributed by atoms with Crippen molar-refractivity contribution in [3.63, 3.8) is 0 Å². The van der Waals surface area contributed by atoms with Gasteiger partial charge >= 0.3 is 6.71 Å². The minimum absolute atomic E-state index is 0.0976. The Balaban J connectivity index is 1.58. The van der Waals surface area contributed by atoms with Gasteiger partial charge in [0.1, 0.15) is 22.7 Å². The summed E-state index contributed by atoms with van der Waals surface area (Å²) in [7, 11) is 0. The van der Waals surface area contributed by atoms with Crippen LogP contribution in [0.25, 0.3) is 23.1 Å². The molecule has 214 valence electrons. The topological polar surface area (TPSA) is 32.8 Å². The summed E-state index contributed by atoms with van der Waals surface area (Å²) in [5.74, 6) is 0.752. The number of hydrogen-bond acceptors (Lipinski definition) is 4. The molecule has 0 aliphatic carbocycles. The summed E-state index contributed by atoms with van der Waals surface area (Å²) in [6.45, 7) is 12.8. The van der Waals surface area contributed by atoms with Crippen LogP contribution in [0.1, 0.15) is 44.6 Å². The van der Waals surface area contributed by atoms with Crippen molar-refractivity contribution in [1.29, 1.82) is 0 Å². The Kier molecular flexibility index (Phi) is 5.82. The van der Waals surface area contributed by atoms with Gasteiger partial charge in [0.25, 0.3) is 0 Å². The van der Waals surface area contributed by atoms with Crippen LogP contribution in [0.5, 0.6) is 0 Å². The highest BCUT2D eigenvalue weighted by atomic mass is 16.4. The summed E-state index contributed by atoms with van der Waals surface area (Å²) in [5, 5.41) is 1.08. The average molecular weight is 573 g/mol. The largest absolute Gasteiger partial charge is 0.468 e.